The van der Waals surface area contributed by atoms with E-state index in [2.05, 4.69) is 12.1 Å². The molecule has 3 aliphatic rings. The molecule has 5 heteroatoms. The van der Waals surface area contributed by atoms with Gasteiger partial charge in [0.25, 0.3) is 0 Å². The first-order chi connectivity index (χ1) is 12.5. The first-order valence-electron chi connectivity index (χ1n) is 9.69. The lowest BCUT2D eigenvalue weighted by molar-refractivity contribution is -0.142. The second-order valence-corrected chi connectivity index (χ2v) is 7.84. The lowest BCUT2D eigenvalue weighted by atomic mass is 10.0. The summed E-state index contributed by atoms with van der Waals surface area (Å²) in [6, 6.07) is 3.87. The number of nitrogens with two attached hydrogens (primary N) is 1. The molecule has 1 aliphatic carbocycles. The van der Waals surface area contributed by atoms with Gasteiger partial charge in [-0.15, -0.1) is 0 Å². The minimum Gasteiger partial charge on any atom is -0.398 e. The number of hydrogen-bond acceptors (Lipinski definition) is 3. The van der Waals surface area contributed by atoms with Crippen molar-refractivity contribution in [2.45, 2.75) is 51.5 Å². The minimum atomic E-state index is -0.247. The van der Waals surface area contributed by atoms with Gasteiger partial charge in [-0.25, -0.2) is 0 Å². The average Bonchev–Trinajstić information content (AvgIpc) is 3.35. The van der Waals surface area contributed by atoms with E-state index in [4.69, 9.17) is 5.73 Å². The van der Waals surface area contributed by atoms with Crippen LogP contribution in [0.3, 0.4) is 0 Å². The van der Waals surface area contributed by atoms with Crippen LogP contribution in [0.4, 0.5) is 5.69 Å². The first-order valence-corrected chi connectivity index (χ1v) is 9.69. The highest BCUT2D eigenvalue weighted by Gasteiger charge is 2.37. The van der Waals surface area contributed by atoms with Crippen molar-refractivity contribution < 1.29 is 9.59 Å². The van der Waals surface area contributed by atoms with Gasteiger partial charge in [0.2, 0.25) is 11.8 Å². The Morgan fingerprint density at radius 3 is 2.69 bits per heavy atom. The van der Waals surface area contributed by atoms with Crippen LogP contribution >= 0.6 is 0 Å². The number of amides is 2. The Labute approximate surface area is 154 Å². The minimum absolute atomic E-state index is 0.0868. The van der Waals surface area contributed by atoms with Crippen LogP contribution in [0.1, 0.15) is 48.8 Å². The highest BCUT2D eigenvalue weighted by molar-refractivity contribution is 5.90. The fourth-order valence-corrected chi connectivity index (χ4v) is 4.48. The Bertz CT molecular complexity index is 778. The SMILES string of the molecule is Cc1cc2c(cc1N)C=C(CC(=O)N1CCC[C@H]1C(=O)N1CCCC1)C2. The molecule has 2 aliphatic heterocycles. The van der Waals surface area contributed by atoms with Gasteiger partial charge < -0.3 is 15.5 Å². The van der Waals surface area contributed by atoms with Crippen LogP contribution in [0, 0.1) is 6.92 Å². The highest BCUT2D eigenvalue weighted by atomic mass is 16.2. The number of nitrogen functional groups attached to an aromatic ring is 1. The molecule has 0 unspecified atom stereocenters. The van der Waals surface area contributed by atoms with Crippen LogP contribution < -0.4 is 5.73 Å². The van der Waals surface area contributed by atoms with Crippen molar-refractivity contribution in [3.05, 3.63) is 34.4 Å². The van der Waals surface area contributed by atoms with Gasteiger partial charge in [0.15, 0.2) is 0 Å². The predicted molar refractivity (Wildman–Crippen MR) is 102 cm³/mol. The highest BCUT2D eigenvalue weighted by Crippen LogP contribution is 2.31. The van der Waals surface area contributed by atoms with Crippen LogP contribution in [0.2, 0.25) is 0 Å². The van der Waals surface area contributed by atoms with Crippen LogP contribution in [-0.4, -0.2) is 47.3 Å². The number of carbonyl (C=O) groups excluding carboxylic acids is 2. The molecule has 26 heavy (non-hydrogen) atoms. The van der Waals surface area contributed by atoms with Gasteiger partial charge >= 0.3 is 0 Å². The van der Waals surface area contributed by atoms with Crippen molar-refractivity contribution >= 4 is 23.6 Å². The first kappa shape index (κ1) is 17.1. The van der Waals surface area contributed by atoms with Crippen molar-refractivity contribution in [2.24, 2.45) is 0 Å². The predicted octanol–water partition coefficient (Wildman–Crippen LogP) is 2.52. The molecule has 1 aromatic carbocycles. The average molecular weight is 353 g/mol. The molecule has 4 rings (SSSR count). The van der Waals surface area contributed by atoms with E-state index in [-0.39, 0.29) is 17.9 Å². The van der Waals surface area contributed by atoms with Crippen LogP contribution in [0.25, 0.3) is 6.08 Å². The normalized spacial score (nSPS) is 21.9. The quantitative estimate of drug-likeness (QED) is 0.849. The van der Waals surface area contributed by atoms with Crippen molar-refractivity contribution in [3.8, 4) is 0 Å². The summed E-state index contributed by atoms with van der Waals surface area (Å²) in [4.78, 5) is 29.4. The van der Waals surface area contributed by atoms with E-state index >= 15 is 0 Å². The van der Waals surface area contributed by atoms with Gasteiger partial charge in [0, 0.05) is 31.7 Å². The molecular formula is C21H27N3O2. The molecule has 2 amide bonds. The van der Waals surface area contributed by atoms with E-state index < -0.39 is 0 Å². The summed E-state index contributed by atoms with van der Waals surface area (Å²) < 4.78 is 0. The topological polar surface area (TPSA) is 66.6 Å². The monoisotopic (exact) mass is 353 g/mol. The Balaban J connectivity index is 1.43. The van der Waals surface area contributed by atoms with Crippen molar-refractivity contribution in [2.75, 3.05) is 25.4 Å². The smallest absolute Gasteiger partial charge is 0.245 e. The standard InChI is InChI=1S/C21H27N3O2/c1-14-9-16-10-15(11-17(16)13-18(14)22)12-20(25)24-8-4-5-19(24)21(26)23-6-2-3-7-23/h9,11,13,19H,2-8,10,12,22H2,1H3/t19-/m0/s1. The summed E-state index contributed by atoms with van der Waals surface area (Å²) in [5, 5.41) is 0. The summed E-state index contributed by atoms with van der Waals surface area (Å²) in [5.74, 6) is 0.240. The number of fused-ring (bicyclic) bond motifs is 1. The second-order valence-electron chi connectivity index (χ2n) is 7.84. The lowest BCUT2D eigenvalue weighted by Crippen LogP contribution is -2.47. The van der Waals surface area contributed by atoms with E-state index in [1.807, 2.05) is 22.8 Å². The maximum absolute atomic E-state index is 12.9. The number of likely N-dealkylation sites (tertiary alicyclic amines) is 2. The van der Waals surface area contributed by atoms with E-state index in [1.165, 1.54) is 5.56 Å². The Hall–Kier alpha value is -2.30. The third-order valence-corrected chi connectivity index (χ3v) is 5.96. The van der Waals surface area contributed by atoms with Gasteiger partial charge in [-0.05, 0) is 61.8 Å². The van der Waals surface area contributed by atoms with Gasteiger partial charge in [-0.3, -0.25) is 9.59 Å². The molecule has 2 saturated heterocycles. The van der Waals surface area contributed by atoms with Crippen molar-refractivity contribution in [3.63, 3.8) is 0 Å². The zero-order chi connectivity index (χ0) is 18.3. The maximum atomic E-state index is 12.9. The molecular weight excluding hydrogens is 326 g/mol. The Kier molecular flexibility index (Phi) is 4.47. The molecule has 0 radical (unpaired) electrons. The zero-order valence-electron chi connectivity index (χ0n) is 15.5. The fourth-order valence-electron chi connectivity index (χ4n) is 4.48. The summed E-state index contributed by atoms with van der Waals surface area (Å²) in [6.07, 6.45) is 7.19. The summed E-state index contributed by atoms with van der Waals surface area (Å²) in [5.41, 5.74) is 11.4. The molecule has 0 bridgehead atoms. The van der Waals surface area contributed by atoms with E-state index in [1.54, 1.807) is 0 Å². The molecule has 1 aromatic rings. The number of benzene rings is 1. The summed E-state index contributed by atoms with van der Waals surface area (Å²) >= 11 is 0. The Morgan fingerprint density at radius 2 is 1.92 bits per heavy atom. The maximum Gasteiger partial charge on any atom is 0.245 e. The van der Waals surface area contributed by atoms with Gasteiger partial charge in [0.1, 0.15) is 6.04 Å². The second kappa shape index (κ2) is 6.78. The Morgan fingerprint density at radius 1 is 1.15 bits per heavy atom. The molecule has 138 valence electrons. The van der Waals surface area contributed by atoms with E-state index in [9.17, 15) is 9.59 Å². The number of rotatable bonds is 3. The third kappa shape index (κ3) is 3.11. The van der Waals surface area contributed by atoms with Gasteiger partial charge in [-0.2, -0.15) is 0 Å². The molecule has 0 spiro atoms. The van der Waals surface area contributed by atoms with E-state index in [0.29, 0.717) is 13.0 Å². The summed E-state index contributed by atoms with van der Waals surface area (Å²) in [6.45, 7) is 4.41. The molecule has 5 nitrogen and oxygen atoms in total. The van der Waals surface area contributed by atoms with Gasteiger partial charge in [0.05, 0.1) is 0 Å². The molecule has 2 heterocycles. The van der Waals surface area contributed by atoms with Crippen molar-refractivity contribution in [1.82, 2.24) is 9.80 Å². The lowest BCUT2D eigenvalue weighted by Gasteiger charge is -2.28. The molecule has 1 atom stereocenters. The van der Waals surface area contributed by atoms with E-state index in [0.717, 1.165) is 67.6 Å². The number of hydrogen-bond donors (Lipinski definition) is 1. The van der Waals surface area contributed by atoms with Crippen LogP contribution in [-0.2, 0) is 16.0 Å². The van der Waals surface area contributed by atoms with Crippen LogP contribution in [0.5, 0.6) is 0 Å². The molecule has 0 saturated carbocycles. The van der Waals surface area contributed by atoms with Crippen LogP contribution in [0.15, 0.2) is 17.7 Å². The molecule has 0 aromatic heterocycles. The fraction of sp³-hybridized carbons (Fsp3) is 0.524. The molecule has 2 N–H and O–H groups in total. The third-order valence-electron chi connectivity index (χ3n) is 5.96. The molecule has 2 fully saturated rings. The number of anilines is 1. The van der Waals surface area contributed by atoms with Crippen molar-refractivity contribution in [1.29, 1.82) is 0 Å². The largest absolute Gasteiger partial charge is 0.398 e. The zero-order valence-corrected chi connectivity index (χ0v) is 15.5. The van der Waals surface area contributed by atoms with Gasteiger partial charge in [-0.1, -0.05) is 17.7 Å². The number of nitrogens with zero attached hydrogens (tertiary/aromatic N) is 2. The number of aryl methyl sites for hydroxylation is 1. The number of carbonyl (C=O) groups is 2. The summed E-state index contributed by atoms with van der Waals surface area (Å²) in [7, 11) is 0.